The summed E-state index contributed by atoms with van der Waals surface area (Å²) in [6, 6.07) is 0.744. The lowest BCUT2D eigenvalue weighted by Gasteiger charge is -2.36. The predicted molar refractivity (Wildman–Crippen MR) is 84.0 cm³/mol. The van der Waals surface area contributed by atoms with Gasteiger partial charge in [0.05, 0.1) is 0 Å². The first kappa shape index (κ1) is 14.2. The maximum atomic E-state index is 3.67. The molecule has 0 aliphatic carbocycles. The van der Waals surface area contributed by atoms with Crippen molar-refractivity contribution < 1.29 is 0 Å². The maximum Gasteiger partial charge on any atom is 0.0285 e. The molecule has 110 valence electrons. The number of nitrogens with one attached hydrogen (secondary N) is 1. The molecule has 4 heteroatoms. The predicted octanol–water partition coefficient (Wildman–Crippen LogP) is 1.50. The van der Waals surface area contributed by atoms with Crippen molar-refractivity contribution in [2.75, 3.05) is 57.3 Å². The van der Waals surface area contributed by atoms with E-state index in [-0.39, 0.29) is 0 Å². The van der Waals surface area contributed by atoms with Crippen molar-refractivity contribution in [3.05, 3.63) is 0 Å². The van der Waals surface area contributed by atoms with Crippen LogP contribution in [-0.2, 0) is 0 Å². The molecule has 0 aromatic rings. The molecule has 1 unspecified atom stereocenters. The van der Waals surface area contributed by atoms with Crippen molar-refractivity contribution in [2.45, 2.75) is 31.7 Å². The molecule has 3 aliphatic rings. The Kier molecular flexibility index (Phi) is 5.45. The second-order valence-corrected chi connectivity index (χ2v) is 7.63. The highest BCUT2D eigenvalue weighted by Gasteiger charge is 2.24. The van der Waals surface area contributed by atoms with Gasteiger partial charge in [-0.05, 0) is 57.8 Å². The fourth-order valence-corrected chi connectivity index (χ4v) is 4.67. The van der Waals surface area contributed by atoms with Gasteiger partial charge in [0.15, 0.2) is 0 Å². The van der Waals surface area contributed by atoms with E-state index < -0.39 is 0 Å². The Hall–Kier alpha value is 0.230. The molecule has 1 N–H and O–H groups in total. The largest absolute Gasteiger partial charge is 0.311 e. The van der Waals surface area contributed by atoms with Crippen LogP contribution in [0.5, 0.6) is 0 Å². The number of thioether (sulfide) groups is 1. The number of hydrogen-bond donors (Lipinski definition) is 1. The Bertz CT molecular complexity index is 254. The number of rotatable bonds is 4. The van der Waals surface area contributed by atoms with Crippen LogP contribution in [0.25, 0.3) is 0 Å². The van der Waals surface area contributed by atoms with Crippen molar-refractivity contribution in [1.29, 1.82) is 0 Å². The van der Waals surface area contributed by atoms with E-state index in [1.54, 1.807) is 0 Å². The van der Waals surface area contributed by atoms with Gasteiger partial charge < -0.3 is 15.1 Å². The summed E-state index contributed by atoms with van der Waals surface area (Å²) in [5.41, 5.74) is 0. The molecule has 3 nitrogen and oxygen atoms in total. The molecule has 3 rings (SSSR count). The fraction of sp³-hybridized carbons (Fsp3) is 1.00. The molecule has 3 fully saturated rings. The minimum absolute atomic E-state index is 0.744. The lowest BCUT2D eigenvalue weighted by atomic mass is 9.96. The quantitative estimate of drug-likeness (QED) is 0.842. The number of nitrogens with zero attached hydrogens (tertiary/aromatic N) is 2. The van der Waals surface area contributed by atoms with Gasteiger partial charge in [-0.2, -0.15) is 11.8 Å². The summed E-state index contributed by atoms with van der Waals surface area (Å²) in [5, 5.41) is 3.67. The molecule has 0 radical (unpaired) electrons. The van der Waals surface area contributed by atoms with Gasteiger partial charge in [0.1, 0.15) is 0 Å². The van der Waals surface area contributed by atoms with Gasteiger partial charge in [0, 0.05) is 37.2 Å². The van der Waals surface area contributed by atoms with Crippen LogP contribution in [0.15, 0.2) is 0 Å². The first-order valence-electron chi connectivity index (χ1n) is 8.16. The summed E-state index contributed by atoms with van der Waals surface area (Å²) in [5.74, 6) is 3.59. The van der Waals surface area contributed by atoms with Gasteiger partial charge in [0.2, 0.25) is 0 Å². The van der Waals surface area contributed by atoms with Crippen LogP contribution < -0.4 is 5.32 Å². The number of likely N-dealkylation sites (tertiary alicyclic amines) is 2. The second-order valence-electron chi connectivity index (χ2n) is 6.48. The van der Waals surface area contributed by atoms with Gasteiger partial charge in [-0.25, -0.2) is 0 Å². The van der Waals surface area contributed by atoms with E-state index in [9.17, 15) is 0 Å². The van der Waals surface area contributed by atoms with Gasteiger partial charge in [-0.1, -0.05) is 0 Å². The summed E-state index contributed by atoms with van der Waals surface area (Å²) in [7, 11) is 0. The molecule has 0 aromatic heterocycles. The zero-order valence-electron chi connectivity index (χ0n) is 12.1. The monoisotopic (exact) mass is 283 g/mol. The van der Waals surface area contributed by atoms with Crippen molar-refractivity contribution >= 4 is 11.8 Å². The van der Waals surface area contributed by atoms with Crippen LogP contribution >= 0.6 is 11.8 Å². The van der Waals surface area contributed by atoms with Crippen molar-refractivity contribution in [3.8, 4) is 0 Å². The van der Waals surface area contributed by atoms with Crippen molar-refractivity contribution in [2.24, 2.45) is 5.92 Å². The molecular weight excluding hydrogens is 254 g/mol. The van der Waals surface area contributed by atoms with Gasteiger partial charge in [-0.15, -0.1) is 0 Å². The smallest absolute Gasteiger partial charge is 0.0285 e. The molecule has 0 spiro atoms. The molecule has 3 heterocycles. The van der Waals surface area contributed by atoms with Crippen LogP contribution in [0.1, 0.15) is 25.7 Å². The van der Waals surface area contributed by atoms with Crippen LogP contribution in [0.3, 0.4) is 0 Å². The molecule has 0 amide bonds. The van der Waals surface area contributed by atoms with Crippen LogP contribution in [0.2, 0.25) is 0 Å². The second kappa shape index (κ2) is 7.30. The SMILES string of the molecule is C1CCN(CC2CCN(CC3CSCCN3)CC2)C1. The van der Waals surface area contributed by atoms with Crippen LogP contribution in [-0.4, -0.2) is 73.2 Å². The highest BCUT2D eigenvalue weighted by molar-refractivity contribution is 7.99. The van der Waals surface area contributed by atoms with Crippen molar-refractivity contribution in [1.82, 2.24) is 15.1 Å². The fourth-order valence-electron chi connectivity index (χ4n) is 3.73. The molecular formula is C15H29N3S. The Morgan fingerprint density at radius 2 is 1.68 bits per heavy atom. The summed E-state index contributed by atoms with van der Waals surface area (Å²) in [6.07, 6.45) is 5.72. The summed E-state index contributed by atoms with van der Waals surface area (Å²) >= 11 is 2.12. The average Bonchev–Trinajstić information content (AvgIpc) is 2.95. The first-order valence-corrected chi connectivity index (χ1v) is 9.31. The number of piperidine rings is 1. The Morgan fingerprint density at radius 3 is 2.37 bits per heavy atom. The average molecular weight is 283 g/mol. The summed E-state index contributed by atoms with van der Waals surface area (Å²) < 4.78 is 0. The van der Waals surface area contributed by atoms with E-state index in [1.807, 2.05) is 0 Å². The Morgan fingerprint density at radius 1 is 0.947 bits per heavy atom. The third kappa shape index (κ3) is 4.35. The van der Waals surface area contributed by atoms with E-state index in [4.69, 9.17) is 0 Å². The molecule has 3 saturated heterocycles. The van der Waals surface area contributed by atoms with Crippen molar-refractivity contribution in [3.63, 3.8) is 0 Å². The highest BCUT2D eigenvalue weighted by atomic mass is 32.2. The van der Waals surface area contributed by atoms with E-state index in [2.05, 4.69) is 26.9 Å². The summed E-state index contributed by atoms with van der Waals surface area (Å²) in [6.45, 7) is 9.27. The highest BCUT2D eigenvalue weighted by Crippen LogP contribution is 2.21. The van der Waals surface area contributed by atoms with E-state index in [1.165, 1.54) is 83.0 Å². The summed E-state index contributed by atoms with van der Waals surface area (Å²) in [4.78, 5) is 5.39. The topological polar surface area (TPSA) is 18.5 Å². The van der Waals surface area contributed by atoms with E-state index in [0.29, 0.717) is 0 Å². The lowest BCUT2D eigenvalue weighted by Crippen LogP contribution is -2.48. The minimum Gasteiger partial charge on any atom is -0.311 e. The number of hydrogen-bond acceptors (Lipinski definition) is 4. The molecule has 1 atom stereocenters. The molecule has 0 saturated carbocycles. The lowest BCUT2D eigenvalue weighted by molar-refractivity contribution is 0.146. The molecule has 19 heavy (non-hydrogen) atoms. The third-order valence-corrected chi connectivity index (χ3v) is 6.03. The molecule has 0 bridgehead atoms. The van der Waals surface area contributed by atoms with E-state index >= 15 is 0 Å². The van der Waals surface area contributed by atoms with Crippen LogP contribution in [0.4, 0.5) is 0 Å². The van der Waals surface area contributed by atoms with E-state index in [0.717, 1.165) is 12.0 Å². The first-order chi connectivity index (χ1) is 9.40. The minimum atomic E-state index is 0.744. The maximum absolute atomic E-state index is 3.67. The zero-order chi connectivity index (χ0) is 12.9. The molecule has 0 aromatic carbocycles. The van der Waals surface area contributed by atoms with Gasteiger partial charge >= 0.3 is 0 Å². The van der Waals surface area contributed by atoms with Gasteiger partial charge in [-0.3, -0.25) is 0 Å². The zero-order valence-corrected chi connectivity index (χ0v) is 13.0. The Labute approximate surface area is 122 Å². The standard InChI is InChI=1S/C15H29N3S/c1-2-7-17(6-1)11-14-3-8-18(9-4-14)12-15-13-19-10-5-16-15/h14-16H,1-13H2. The molecule has 3 aliphatic heterocycles. The van der Waals surface area contributed by atoms with Gasteiger partial charge in [0.25, 0.3) is 0 Å². The third-order valence-electron chi connectivity index (χ3n) is 4.90. The van der Waals surface area contributed by atoms with Crippen LogP contribution in [0, 0.1) is 5.92 Å². The normalized spacial score (nSPS) is 31.9. The Balaban J connectivity index is 1.34.